The Balaban J connectivity index is 4.97. The van der Waals surface area contributed by atoms with Crippen LogP contribution in [-0.4, -0.2) is 25.7 Å². The fourth-order valence-electron chi connectivity index (χ4n) is 3.88. The van der Waals surface area contributed by atoms with Crippen molar-refractivity contribution in [3.05, 3.63) is 0 Å². The van der Waals surface area contributed by atoms with Crippen molar-refractivity contribution in [2.75, 3.05) is 6.26 Å². The maximum atomic E-state index is 12.1. The van der Waals surface area contributed by atoms with Crippen LogP contribution in [0.15, 0.2) is 0 Å². The van der Waals surface area contributed by atoms with Crippen LogP contribution < -0.4 is 0 Å². The van der Waals surface area contributed by atoms with Crippen molar-refractivity contribution in [2.45, 2.75) is 97.7 Å². The SMILES string of the molecule is CCC(CCCC(C)(CC)S(C)(=O)=O)C(C)(CCCC=O)C(C)C. The lowest BCUT2D eigenvalue weighted by Crippen LogP contribution is -2.35. The van der Waals surface area contributed by atoms with E-state index in [-0.39, 0.29) is 5.41 Å². The van der Waals surface area contributed by atoms with E-state index in [1.54, 1.807) is 0 Å². The van der Waals surface area contributed by atoms with Gasteiger partial charge in [0.1, 0.15) is 6.29 Å². The van der Waals surface area contributed by atoms with Gasteiger partial charge in [-0.2, -0.15) is 0 Å². The number of unbranched alkanes of at least 4 members (excludes halogenated alkanes) is 1. The summed E-state index contributed by atoms with van der Waals surface area (Å²) in [6.07, 6.45) is 9.57. The Morgan fingerprint density at radius 3 is 2.00 bits per heavy atom. The molecule has 0 aromatic heterocycles. The van der Waals surface area contributed by atoms with Crippen molar-refractivity contribution in [2.24, 2.45) is 17.3 Å². The van der Waals surface area contributed by atoms with Gasteiger partial charge in [-0.05, 0) is 56.3 Å². The second-order valence-corrected chi connectivity index (χ2v) is 10.8. The van der Waals surface area contributed by atoms with E-state index in [0.29, 0.717) is 24.7 Å². The Hall–Kier alpha value is -0.380. The molecule has 0 aromatic rings. The molecule has 0 fully saturated rings. The Morgan fingerprint density at radius 2 is 1.62 bits per heavy atom. The third-order valence-electron chi connectivity index (χ3n) is 6.68. The molecule has 0 aliphatic carbocycles. The summed E-state index contributed by atoms with van der Waals surface area (Å²) >= 11 is 0. The monoisotopic (exact) mass is 360 g/mol. The normalized spacial score (nSPS) is 18.8. The van der Waals surface area contributed by atoms with E-state index in [4.69, 9.17) is 0 Å². The summed E-state index contributed by atoms with van der Waals surface area (Å²) in [7, 11) is -3.03. The highest BCUT2D eigenvalue weighted by Gasteiger charge is 2.37. The van der Waals surface area contributed by atoms with Crippen molar-refractivity contribution < 1.29 is 13.2 Å². The van der Waals surface area contributed by atoms with E-state index in [9.17, 15) is 13.2 Å². The summed E-state index contributed by atoms with van der Waals surface area (Å²) in [4.78, 5) is 10.7. The van der Waals surface area contributed by atoms with Gasteiger partial charge in [-0.3, -0.25) is 0 Å². The molecule has 0 saturated carbocycles. The fraction of sp³-hybridized carbons (Fsp3) is 0.950. The van der Waals surface area contributed by atoms with E-state index in [0.717, 1.165) is 44.8 Å². The average Bonchev–Trinajstić information content (AvgIpc) is 2.49. The molecule has 0 amide bonds. The van der Waals surface area contributed by atoms with E-state index >= 15 is 0 Å². The van der Waals surface area contributed by atoms with Crippen LogP contribution in [0.4, 0.5) is 0 Å². The first-order valence-electron chi connectivity index (χ1n) is 9.61. The van der Waals surface area contributed by atoms with Crippen LogP contribution in [0.5, 0.6) is 0 Å². The zero-order valence-corrected chi connectivity index (χ0v) is 17.8. The molecule has 0 rings (SSSR count). The van der Waals surface area contributed by atoms with Crippen LogP contribution in [0, 0.1) is 17.3 Å². The molecular formula is C20H40O3S. The Bertz CT molecular complexity index is 469. The van der Waals surface area contributed by atoms with Gasteiger partial charge < -0.3 is 4.79 Å². The molecule has 0 radical (unpaired) electrons. The predicted octanol–water partition coefficient (Wildman–Crippen LogP) is 5.43. The predicted molar refractivity (Wildman–Crippen MR) is 104 cm³/mol. The van der Waals surface area contributed by atoms with Crippen molar-refractivity contribution in [1.29, 1.82) is 0 Å². The van der Waals surface area contributed by atoms with Gasteiger partial charge in [0.15, 0.2) is 9.84 Å². The van der Waals surface area contributed by atoms with Crippen molar-refractivity contribution in [3.8, 4) is 0 Å². The maximum absolute atomic E-state index is 12.1. The zero-order valence-electron chi connectivity index (χ0n) is 17.0. The summed E-state index contributed by atoms with van der Waals surface area (Å²) in [5, 5.41) is 0. The van der Waals surface area contributed by atoms with E-state index in [1.807, 2.05) is 13.8 Å². The number of hydrogen-bond acceptors (Lipinski definition) is 3. The van der Waals surface area contributed by atoms with Crippen LogP contribution in [-0.2, 0) is 14.6 Å². The minimum absolute atomic E-state index is 0.214. The van der Waals surface area contributed by atoms with Gasteiger partial charge in [-0.1, -0.05) is 47.5 Å². The summed E-state index contributed by atoms with van der Waals surface area (Å²) in [6, 6.07) is 0. The second-order valence-electron chi connectivity index (χ2n) is 8.29. The Labute approximate surface area is 150 Å². The molecule has 3 unspecified atom stereocenters. The minimum atomic E-state index is -3.03. The Morgan fingerprint density at radius 1 is 1.04 bits per heavy atom. The first-order chi connectivity index (χ1) is 11.0. The van der Waals surface area contributed by atoms with E-state index < -0.39 is 14.6 Å². The largest absolute Gasteiger partial charge is 0.303 e. The van der Waals surface area contributed by atoms with Gasteiger partial charge in [0, 0.05) is 12.7 Å². The van der Waals surface area contributed by atoms with Crippen LogP contribution >= 0.6 is 0 Å². The summed E-state index contributed by atoms with van der Waals surface area (Å²) in [6.45, 7) is 13.0. The Kier molecular flexibility index (Phi) is 9.78. The van der Waals surface area contributed by atoms with Crippen LogP contribution in [0.25, 0.3) is 0 Å². The van der Waals surface area contributed by atoms with Gasteiger partial charge in [-0.15, -0.1) is 0 Å². The third kappa shape index (κ3) is 6.16. The molecule has 3 nitrogen and oxygen atoms in total. The van der Waals surface area contributed by atoms with Crippen molar-refractivity contribution >= 4 is 16.1 Å². The van der Waals surface area contributed by atoms with E-state index in [1.165, 1.54) is 6.26 Å². The number of hydrogen-bond donors (Lipinski definition) is 0. The van der Waals surface area contributed by atoms with Gasteiger partial charge >= 0.3 is 0 Å². The molecular weight excluding hydrogens is 320 g/mol. The zero-order chi connectivity index (χ0) is 19.0. The fourth-order valence-corrected chi connectivity index (χ4v) is 4.92. The number of rotatable bonds is 13. The summed E-state index contributed by atoms with van der Waals surface area (Å²) in [5.41, 5.74) is 0.214. The number of aldehydes is 1. The van der Waals surface area contributed by atoms with Crippen LogP contribution in [0.3, 0.4) is 0 Å². The van der Waals surface area contributed by atoms with Gasteiger partial charge in [0.2, 0.25) is 0 Å². The topological polar surface area (TPSA) is 51.2 Å². The minimum Gasteiger partial charge on any atom is -0.303 e. The molecule has 0 aliphatic heterocycles. The highest BCUT2D eigenvalue weighted by molar-refractivity contribution is 7.92. The lowest BCUT2D eigenvalue weighted by Gasteiger charge is -2.42. The summed E-state index contributed by atoms with van der Waals surface area (Å²) < 4.78 is 23.6. The molecule has 0 heterocycles. The lowest BCUT2D eigenvalue weighted by molar-refractivity contribution is -0.108. The van der Waals surface area contributed by atoms with E-state index in [2.05, 4.69) is 27.7 Å². The molecule has 0 N–H and O–H groups in total. The molecule has 0 spiro atoms. The number of carbonyl (C=O) groups excluding carboxylic acids is 1. The summed E-state index contributed by atoms with van der Waals surface area (Å²) in [5.74, 6) is 1.13. The maximum Gasteiger partial charge on any atom is 0.152 e. The van der Waals surface area contributed by atoms with Crippen LogP contribution in [0.2, 0.25) is 0 Å². The van der Waals surface area contributed by atoms with Gasteiger partial charge in [0.25, 0.3) is 0 Å². The third-order valence-corrected chi connectivity index (χ3v) is 8.97. The molecule has 3 atom stereocenters. The first kappa shape index (κ1) is 23.6. The standard InChI is InChI=1S/C20H40O3S/c1-8-18(20(6,17(3)4)15-10-11-16-21)13-12-14-19(5,9-2)24(7,22)23/h16-18H,8-15H2,1-7H3. The quantitative estimate of drug-likeness (QED) is 0.325. The van der Waals surface area contributed by atoms with Crippen molar-refractivity contribution in [1.82, 2.24) is 0 Å². The molecule has 0 saturated heterocycles. The smallest absolute Gasteiger partial charge is 0.152 e. The molecule has 144 valence electrons. The first-order valence-corrected chi connectivity index (χ1v) is 11.5. The molecule has 24 heavy (non-hydrogen) atoms. The van der Waals surface area contributed by atoms with Gasteiger partial charge in [-0.25, -0.2) is 8.42 Å². The second kappa shape index (κ2) is 9.94. The highest BCUT2D eigenvalue weighted by Crippen LogP contribution is 2.44. The molecule has 4 heteroatoms. The number of sulfone groups is 1. The van der Waals surface area contributed by atoms with Crippen molar-refractivity contribution in [3.63, 3.8) is 0 Å². The van der Waals surface area contributed by atoms with Crippen LogP contribution in [0.1, 0.15) is 92.9 Å². The average molecular weight is 361 g/mol. The van der Waals surface area contributed by atoms with Gasteiger partial charge in [0.05, 0.1) is 4.75 Å². The molecule has 0 aliphatic rings. The lowest BCUT2D eigenvalue weighted by atomic mass is 9.64. The number of carbonyl (C=O) groups is 1. The molecule has 0 bridgehead atoms. The molecule has 0 aromatic carbocycles. The highest BCUT2D eigenvalue weighted by atomic mass is 32.2.